The molecule has 2 heterocycles. The second-order valence-electron chi connectivity index (χ2n) is 8.16. The standard InChI is InChI=1S/C19H37N5O5S/c1-16(2)29-11-12-30(26,27)24-8-6-23(7-9-24)19(21-14-18(25)22(3)4)20-13-17-5-10-28-15-17/h16-17H,5-15H2,1-4H3,(H,20,21). The van der Waals surface area contributed by atoms with Gasteiger partial charge in [0.1, 0.15) is 6.54 Å². The number of nitrogens with one attached hydrogen (secondary N) is 1. The summed E-state index contributed by atoms with van der Waals surface area (Å²) in [5.41, 5.74) is 0. The molecule has 0 spiro atoms. The normalized spacial score (nSPS) is 21.3. The Hall–Kier alpha value is -1.43. The molecule has 0 radical (unpaired) electrons. The van der Waals surface area contributed by atoms with E-state index >= 15 is 0 Å². The van der Waals surface area contributed by atoms with E-state index in [2.05, 4.69) is 10.3 Å². The minimum absolute atomic E-state index is 0.0105. The Labute approximate surface area is 180 Å². The Morgan fingerprint density at radius 2 is 1.97 bits per heavy atom. The molecule has 1 atom stereocenters. The van der Waals surface area contributed by atoms with Crippen molar-refractivity contribution >= 4 is 21.9 Å². The molecule has 0 aromatic carbocycles. The Morgan fingerprint density at radius 1 is 1.27 bits per heavy atom. The van der Waals surface area contributed by atoms with Crippen LogP contribution in [0.25, 0.3) is 0 Å². The van der Waals surface area contributed by atoms with E-state index in [4.69, 9.17) is 9.47 Å². The summed E-state index contributed by atoms with van der Waals surface area (Å²) in [7, 11) is 0.0573. The van der Waals surface area contributed by atoms with Gasteiger partial charge in [0, 0.05) is 59.3 Å². The fraction of sp³-hybridized carbons (Fsp3) is 0.895. The molecular formula is C19H37N5O5S. The third-order valence-corrected chi connectivity index (χ3v) is 6.99. The topological polar surface area (TPSA) is 104 Å². The number of ether oxygens (including phenoxy) is 2. The lowest BCUT2D eigenvalue weighted by Crippen LogP contribution is -2.54. The molecule has 0 bridgehead atoms. The van der Waals surface area contributed by atoms with Crippen LogP contribution in [-0.2, 0) is 24.3 Å². The van der Waals surface area contributed by atoms with E-state index in [0.717, 1.165) is 26.2 Å². The van der Waals surface area contributed by atoms with Gasteiger partial charge in [-0.1, -0.05) is 0 Å². The zero-order valence-electron chi connectivity index (χ0n) is 18.7. The van der Waals surface area contributed by atoms with E-state index in [1.807, 2.05) is 18.7 Å². The summed E-state index contributed by atoms with van der Waals surface area (Å²) in [6.45, 7) is 8.07. The Morgan fingerprint density at radius 3 is 2.53 bits per heavy atom. The zero-order valence-corrected chi connectivity index (χ0v) is 19.5. The maximum atomic E-state index is 12.6. The first-order valence-corrected chi connectivity index (χ1v) is 12.2. The first-order chi connectivity index (χ1) is 14.2. The van der Waals surface area contributed by atoms with E-state index in [-0.39, 0.29) is 30.9 Å². The van der Waals surface area contributed by atoms with Crippen molar-refractivity contribution in [2.75, 3.05) is 78.9 Å². The van der Waals surface area contributed by atoms with Gasteiger partial charge in [0.15, 0.2) is 5.96 Å². The Balaban J connectivity index is 1.93. The van der Waals surface area contributed by atoms with Crippen LogP contribution < -0.4 is 5.32 Å². The number of rotatable bonds is 9. The molecule has 10 nitrogen and oxygen atoms in total. The van der Waals surface area contributed by atoms with E-state index in [1.165, 1.54) is 9.21 Å². The first-order valence-electron chi connectivity index (χ1n) is 10.6. The largest absolute Gasteiger partial charge is 0.381 e. The summed E-state index contributed by atoms with van der Waals surface area (Å²) in [4.78, 5) is 20.0. The van der Waals surface area contributed by atoms with E-state index in [0.29, 0.717) is 38.1 Å². The second-order valence-corrected chi connectivity index (χ2v) is 10.2. The van der Waals surface area contributed by atoms with Gasteiger partial charge in [-0.15, -0.1) is 0 Å². The number of hydrogen-bond donors (Lipinski definition) is 1. The van der Waals surface area contributed by atoms with Crippen LogP contribution in [-0.4, -0.2) is 119 Å². The summed E-state index contributed by atoms with van der Waals surface area (Å²) in [6, 6.07) is 0. The average molecular weight is 448 g/mol. The molecular weight excluding hydrogens is 410 g/mol. The summed E-state index contributed by atoms with van der Waals surface area (Å²) >= 11 is 0. The number of guanidine groups is 1. The van der Waals surface area contributed by atoms with Gasteiger partial charge in [0.2, 0.25) is 15.9 Å². The number of likely N-dealkylation sites (N-methyl/N-ethyl adjacent to an activating group) is 1. The Kier molecular flexibility index (Phi) is 9.79. The molecule has 2 aliphatic heterocycles. The first kappa shape index (κ1) is 24.8. The smallest absolute Gasteiger partial charge is 0.243 e. The molecule has 30 heavy (non-hydrogen) atoms. The molecule has 1 unspecified atom stereocenters. The zero-order chi connectivity index (χ0) is 22.1. The number of sulfonamides is 1. The van der Waals surface area contributed by atoms with Gasteiger partial charge in [-0.05, 0) is 20.3 Å². The third kappa shape index (κ3) is 8.01. The van der Waals surface area contributed by atoms with Crippen LogP contribution in [0.4, 0.5) is 0 Å². The van der Waals surface area contributed by atoms with Gasteiger partial charge in [0.05, 0.1) is 25.1 Å². The van der Waals surface area contributed by atoms with Crippen molar-refractivity contribution < 1.29 is 22.7 Å². The maximum absolute atomic E-state index is 12.6. The molecule has 1 N–H and O–H groups in total. The fourth-order valence-corrected chi connectivity index (χ4v) is 4.51. The molecule has 0 saturated carbocycles. The lowest BCUT2D eigenvalue weighted by Gasteiger charge is -2.36. The molecule has 0 aromatic rings. The van der Waals surface area contributed by atoms with Gasteiger partial charge < -0.3 is 24.6 Å². The van der Waals surface area contributed by atoms with Crippen molar-refractivity contribution in [3.63, 3.8) is 0 Å². The van der Waals surface area contributed by atoms with E-state index < -0.39 is 10.0 Å². The summed E-state index contributed by atoms with van der Waals surface area (Å²) in [6.07, 6.45) is 1.01. The van der Waals surface area contributed by atoms with Crippen molar-refractivity contribution in [1.82, 2.24) is 19.4 Å². The molecule has 2 fully saturated rings. The second kappa shape index (κ2) is 11.8. The molecule has 2 saturated heterocycles. The lowest BCUT2D eigenvalue weighted by atomic mass is 10.1. The SMILES string of the molecule is CC(C)OCCS(=O)(=O)N1CCN(C(=NCC(=O)N(C)C)NCC2CCOC2)CC1. The highest BCUT2D eigenvalue weighted by Gasteiger charge is 2.28. The number of piperazine rings is 1. The van der Waals surface area contributed by atoms with Crippen LogP contribution in [0.3, 0.4) is 0 Å². The average Bonchev–Trinajstić information content (AvgIpc) is 3.21. The predicted octanol–water partition coefficient (Wildman–Crippen LogP) is -0.571. The molecule has 0 aromatic heterocycles. The molecule has 1 amide bonds. The molecule has 174 valence electrons. The van der Waals surface area contributed by atoms with Gasteiger partial charge in [-0.2, -0.15) is 4.31 Å². The predicted molar refractivity (Wildman–Crippen MR) is 116 cm³/mol. The van der Waals surface area contributed by atoms with Crippen molar-refractivity contribution in [3.8, 4) is 0 Å². The van der Waals surface area contributed by atoms with Crippen LogP contribution in [0.2, 0.25) is 0 Å². The number of hydrogen-bond acceptors (Lipinski definition) is 6. The third-order valence-electron chi connectivity index (χ3n) is 5.16. The lowest BCUT2D eigenvalue weighted by molar-refractivity contribution is -0.127. The van der Waals surface area contributed by atoms with Gasteiger partial charge in [-0.25, -0.2) is 13.4 Å². The van der Waals surface area contributed by atoms with Crippen LogP contribution in [0.1, 0.15) is 20.3 Å². The highest BCUT2D eigenvalue weighted by Crippen LogP contribution is 2.12. The van der Waals surface area contributed by atoms with Gasteiger partial charge in [-0.3, -0.25) is 4.79 Å². The van der Waals surface area contributed by atoms with Crippen LogP contribution in [0.5, 0.6) is 0 Å². The summed E-state index contributed by atoms with van der Waals surface area (Å²) < 4.78 is 37.4. The van der Waals surface area contributed by atoms with Crippen LogP contribution in [0, 0.1) is 5.92 Å². The van der Waals surface area contributed by atoms with Gasteiger partial charge in [0.25, 0.3) is 0 Å². The number of aliphatic imine (C=N–C) groups is 1. The molecule has 0 aliphatic carbocycles. The number of carbonyl (C=O) groups excluding carboxylic acids is 1. The van der Waals surface area contributed by atoms with Crippen molar-refractivity contribution in [3.05, 3.63) is 0 Å². The van der Waals surface area contributed by atoms with E-state index in [1.54, 1.807) is 14.1 Å². The maximum Gasteiger partial charge on any atom is 0.243 e. The highest BCUT2D eigenvalue weighted by molar-refractivity contribution is 7.89. The van der Waals surface area contributed by atoms with Crippen molar-refractivity contribution in [1.29, 1.82) is 0 Å². The molecule has 2 rings (SSSR count). The van der Waals surface area contributed by atoms with Crippen molar-refractivity contribution in [2.45, 2.75) is 26.4 Å². The number of nitrogens with zero attached hydrogens (tertiary/aromatic N) is 4. The Bertz CT molecular complexity index is 669. The molecule has 11 heteroatoms. The van der Waals surface area contributed by atoms with Crippen LogP contribution in [0.15, 0.2) is 4.99 Å². The summed E-state index contributed by atoms with van der Waals surface area (Å²) in [5, 5.41) is 3.36. The van der Waals surface area contributed by atoms with E-state index in [9.17, 15) is 13.2 Å². The number of carbonyl (C=O) groups is 1. The quantitative estimate of drug-likeness (QED) is 0.373. The monoisotopic (exact) mass is 447 g/mol. The number of amides is 1. The molecule has 2 aliphatic rings. The van der Waals surface area contributed by atoms with Gasteiger partial charge >= 0.3 is 0 Å². The highest BCUT2D eigenvalue weighted by atomic mass is 32.2. The summed E-state index contributed by atoms with van der Waals surface area (Å²) in [5.74, 6) is 0.980. The minimum Gasteiger partial charge on any atom is -0.381 e. The fourth-order valence-electron chi connectivity index (χ4n) is 3.23. The van der Waals surface area contributed by atoms with Crippen LogP contribution >= 0.6 is 0 Å². The minimum atomic E-state index is -3.35. The van der Waals surface area contributed by atoms with Crippen molar-refractivity contribution in [2.24, 2.45) is 10.9 Å².